The number of hydrogen-bond donors (Lipinski definition) is 3. The van der Waals surface area contributed by atoms with Crippen LogP contribution in [0.2, 0.25) is 0 Å². The minimum Gasteiger partial charge on any atom is -0.394 e. The molecule has 4 N–H and O–H groups in total. The molecular weight excluding hydrogens is 244 g/mol. The summed E-state index contributed by atoms with van der Waals surface area (Å²) in [5, 5.41) is 18.1. The van der Waals surface area contributed by atoms with Gasteiger partial charge in [0, 0.05) is 26.6 Å². The van der Waals surface area contributed by atoms with Crippen molar-refractivity contribution in [2.24, 2.45) is 7.05 Å². The van der Waals surface area contributed by atoms with E-state index in [9.17, 15) is 5.11 Å². The highest BCUT2D eigenvalue weighted by Crippen LogP contribution is 2.28. The Morgan fingerprint density at radius 2 is 2.37 bits per heavy atom. The highest BCUT2D eigenvalue weighted by Gasteiger charge is 2.39. The van der Waals surface area contributed by atoms with Gasteiger partial charge >= 0.3 is 0 Å². The smallest absolute Gasteiger partial charge is 0.147 e. The SMILES string of the molecule is CCCc1nn(C)c(NCC2(O)CCOC2C)c1N. The Balaban J connectivity index is 2.07. The van der Waals surface area contributed by atoms with Gasteiger partial charge in [0.25, 0.3) is 0 Å². The first kappa shape index (κ1) is 14.1. The van der Waals surface area contributed by atoms with E-state index in [1.165, 1.54) is 0 Å². The summed E-state index contributed by atoms with van der Waals surface area (Å²) >= 11 is 0. The van der Waals surface area contributed by atoms with E-state index < -0.39 is 5.60 Å². The molecule has 1 aliphatic rings. The minimum absolute atomic E-state index is 0.162. The van der Waals surface area contributed by atoms with E-state index in [0.717, 1.165) is 24.4 Å². The Kier molecular flexibility index (Phi) is 4.01. The average Bonchev–Trinajstić information content (AvgIpc) is 2.81. The van der Waals surface area contributed by atoms with Crippen LogP contribution in [0.25, 0.3) is 0 Å². The zero-order chi connectivity index (χ0) is 14.0. The third kappa shape index (κ3) is 2.69. The summed E-state index contributed by atoms with van der Waals surface area (Å²) in [5.41, 5.74) is 6.85. The van der Waals surface area contributed by atoms with Crippen molar-refractivity contribution in [2.75, 3.05) is 24.2 Å². The van der Waals surface area contributed by atoms with Crippen LogP contribution in [0, 0.1) is 0 Å². The number of nitrogen functional groups attached to an aromatic ring is 1. The molecule has 1 aliphatic heterocycles. The quantitative estimate of drug-likeness (QED) is 0.739. The molecule has 0 amide bonds. The lowest BCUT2D eigenvalue weighted by Gasteiger charge is -2.26. The lowest BCUT2D eigenvalue weighted by atomic mass is 9.97. The van der Waals surface area contributed by atoms with Gasteiger partial charge < -0.3 is 20.9 Å². The Hall–Kier alpha value is -1.27. The fraction of sp³-hybridized carbons (Fsp3) is 0.769. The van der Waals surface area contributed by atoms with Gasteiger partial charge in [-0.1, -0.05) is 13.3 Å². The van der Waals surface area contributed by atoms with Gasteiger partial charge in [-0.2, -0.15) is 5.10 Å². The first-order valence-corrected chi connectivity index (χ1v) is 6.87. The maximum atomic E-state index is 10.5. The first-order valence-electron chi connectivity index (χ1n) is 6.87. The number of aliphatic hydroxyl groups is 1. The number of nitrogens with zero attached hydrogens (tertiary/aromatic N) is 2. The number of anilines is 2. The number of ether oxygens (including phenoxy) is 1. The van der Waals surface area contributed by atoms with Gasteiger partial charge in [-0.3, -0.25) is 4.68 Å². The van der Waals surface area contributed by atoms with Crippen LogP contribution in [-0.2, 0) is 18.2 Å². The second kappa shape index (κ2) is 5.38. The molecule has 0 radical (unpaired) electrons. The van der Waals surface area contributed by atoms with Crippen LogP contribution in [0.3, 0.4) is 0 Å². The van der Waals surface area contributed by atoms with Gasteiger partial charge in [-0.25, -0.2) is 0 Å². The average molecular weight is 268 g/mol. The molecule has 0 saturated carbocycles. The fourth-order valence-electron chi connectivity index (χ4n) is 2.47. The van der Waals surface area contributed by atoms with Crippen LogP contribution >= 0.6 is 0 Å². The van der Waals surface area contributed by atoms with Crippen LogP contribution in [-0.4, -0.2) is 39.7 Å². The standard InChI is InChI=1S/C13H24N4O2/c1-4-5-10-11(14)12(17(3)16-10)15-8-13(18)6-7-19-9(13)2/h9,15,18H,4-8,14H2,1-3H3. The maximum absolute atomic E-state index is 10.5. The van der Waals surface area contributed by atoms with Crippen LogP contribution in [0.4, 0.5) is 11.5 Å². The van der Waals surface area contributed by atoms with E-state index in [4.69, 9.17) is 10.5 Å². The van der Waals surface area contributed by atoms with Gasteiger partial charge in [0.1, 0.15) is 11.4 Å². The summed E-state index contributed by atoms with van der Waals surface area (Å²) in [5.74, 6) is 0.774. The van der Waals surface area contributed by atoms with E-state index in [-0.39, 0.29) is 6.10 Å². The number of rotatable bonds is 5. The van der Waals surface area contributed by atoms with Crippen molar-refractivity contribution in [1.29, 1.82) is 0 Å². The van der Waals surface area contributed by atoms with Gasteiger partial charge in [0.15, 0.2) is 0 Å². The molecule has 0 bridgehead atoms. The molecule has 1 aromatic heterocycles. The molecule has 2 heterocycles. The second-order valence-corrected chi connectivity index (χ2v) is 5.30. The Bertz CT molecular complexity index is 446. The molecule has 2 rings (SSSR count). The predicted octanol–water partition coefficient (Wildman–Crippen LogP) is 0.907. The number of aromatic nitrogens is 2. The summed E-state index contributed by atoms with van der Waals surface area (Å²) in [4.78, 5) is 0. The zero-order valence-corrected chi connectivity index (χ0v) is 11.9. The molecule has 108 valence electrons. The molecule has 2 unspecified atom stereocenters. The third-order valence-electron chi connectivity index (χ3n) is 3.87. The molecule has 0 aliphatic carbocycles. The fourth-order valence-corrected chi connectivity index (χ4v) is 2.47. The van der Waals surface area contributed by atoms with E-state index in [2.05, 4.69) is 17.3 Å². The molecule has 0 aromatic carbocycles. The van der Waals surface area contributed by atoms with E-state index >= 15 is 0 Å². The number of aryl methyl sites for hydroxylation is 2. The Morgan fingerprint density at radius 3 is 2.95 bits per heavy atom. The van der Waals surface area contributed by atoms with Crippen molar-refractivity contribution in [3.63, 3.8) is 0 Å². The molecule has 19 heavy (non-hydrogen) atoms. The topological polar surface area (TPSA) is 85.3 Å². The second-order valence-electron chi connectivity index (χ2n) is 5.30. The van der Waals surface area contributed by atoms with E-state index in [1.807, 2.05) is 14.0 Å². The summed E-state index contributed by atoms with van der Waals surface area (Å²) in [6, 6.07) is 0. The highest BCUT2D eigenvalue weighted by atomic mass is 16.5. The molecule has 6 heteroatoms. The zero-order valence-electron chi connectivity index (χ0n) is 11.9. The Morgan fingerprint density at radius 1 is 1.63 bits per heavy atom. The molecule has 1 fully saturated rings. The number of hydrogen-bond acceptors (Lipinski definition) is 5. The molecular formula is C13H24N4O2. The van der Waals surface area contributed by atoms with Crippen molar-refractivity contribution in [1.82, 2.24) is 9.78 Å². The van der Waals surface area contributed by atoms with E-state index in [0.29, 0.717) is 25.3 Å². The van der Waals surface area contributed by atoms with Crippen molar-refractivity contribution < 1.29 is 9.84 Å². The Labute approximate surface area is 113 Å². The van der Waals surface area contributed by atoms with Crippen LogP contribution in [0.1, 0.15) is 32.4 Å². The summed E-state index contributed by atoms with van der Waals surface area (Å²) in [6.45, 7) is 5.01. The molecule has 6 nitrogen and oxygen atoms in total. The van der Waals surface area contributed by atoms with Gasteiger partial charge in [-0.05, 0) is 13.3 Å². The third-order valence-corrected chi connectivity index (χ3v) is 3.87. The minimum atomic E-state index is -0.832. The summed E-state index contributed by atoms with van der Waals surface area (Å²) in [7, 11) is 1.86. The van der Waals surface area contributed by atoms with Crippen molar-refractivity contribution >= 4 is 11.5 Å². The highest BCUT2D eigenvalue weighted by molar-refractivity contribution is 5.65. The molecule has 0 spiro atoms. The summed E-state index contributed by atoms with van der Waals surface area (Å²) < 4.78 is 7.16. The monoisotopic (exact) mass is 268 g/mol. The number of nitrogens with two attached hydrogens (primary N) is 1. The van der Waals surface area contributed by atoms with Crippen LogP contribution < -0.4 is 11.1 Å². The molecule has 1 aromatic rings. The van der Waals surface area contributed by atoms with Gasteiger partial charge in [0.05, 0.1) is 17.5 Å². The normalized spacial score (nSPS) is 26.8. The van der Waals surface area contributed by atoms with Crippen molar-refractivity contribution in [3.8, 4) is 0 Å². The van der Waals surface area contributed by atoms with Crippen molar-refractivity contribution in [2.45, 2.75) is 44.8 Å². The lowest BCUT2D eigenvalue weighted by Crippen LogP contribution is -2.43. The molecule has 1 saturated heterocycles. The maximum Gasteiger partial charge on any atom is 0.147 e. The lowest BCUT2D eigenvalue weighted by molar-refractivity contribution is -0.0176. The largest absolute Gasteiger partial charge is 0.394 e. The number of nitrogens with one attached hydrogen (secondary N) is 1. The predicted molar refractivity (Wildman–Crippen MR) is 75.1 cm³/mol. The summed E-state index contributed by atoms with van der Waals surface area (Å²) in [6.07, 6.45) is 2.35. The molecule has 2 atom stereocenters. The van der Waals surface area contributed by atoms with Crippen LogP contribution in [0.5, 0.6) is 0 Å². The first-order chi connectivity index (χ1) is 8.98. The van der Waals surface area contributed by atoms with Gasteiger partial charge in [-0.15, -0.1) is 0 Å². The van der Waals surface area contributed by atoms with Crippen LogP contribution in [0.15, 0.2) is 0 Å². The van der Waals surface area contributed by atoms with E-state index in [1.54, 1.807) is 4.68 Å². The van der Waals surface area contributed by atoms with Gasteiger partial charge in [0.2, 0.25) is 0 Å². The van der Waals surface area contributed by atoms with Crippen molar-refractivity contribution in [3.05, 3.63) is 5.69 Å².